The van der Waals surface area contributed by atoms with Crippen molar-refractivity contribution in [2.75, 3.05) is 25.0 Å². The molecule has 0 atom stereocenters. The zero-order valence-electron chi connectivity index (χ0n) is 24.6. The number of aromatic nitrogens is 1. The normalized spacial score (nSPS) is 15.5. The lowest BCUT2D eigenvalue weighted by Crippen LogP contribution is -2.41. The van der Waals surface area contributed by atoms with Crippen LogP contribution in [-0.4, -0.2) is 53.3 Å². The molecular weight excluding hydrogens is 570 g/mol. The number of nitrogens with zero attached hydrogens (tertiary/aromatic N) is 3. The third-order valence-corrected chi connectivity index (χ3v) is 7.59. The van der Waals surface area contributed by atoms with Crippen LogP contribution in [0.4, 0.5) is 21.0 Å². The van der Waals surface area contributed by atoms with Gasteiger partial charge in [-0.2, -0.15) is 0 Å². The topological polar surface area (TPSA) is 106 Å². The molecule has 0 spiro atoms. The van der Waals surface area contributed by atoms with E-state index in [1.165, 1.54) is 0 Å². The molecule has 0 unspecified atom stereocenters. The zero-order valence-corrected chi connectivity index (χ0v) is 25.4. The molecule has 2 heterocycles. The van der Waals surface area contributed by atoms with Crippen LogP contribution in [0.25, 0.3) is 15.7 Å². The van der Waals surface area contributed by atoms with Gasteiger partial charge in [0.1, 0.15) is 22.8 Å². The van der Waals surface area contributed by atoms with Crippen molar-refractivity contribution >= 4 is 46.0 Å². The minimum atomic E-state index is -0.504. The molecular formula is C32H36ClN5O5. The third kappa shape index (κ3) is 8.20. The molecule has 226 valence electrons. The number of nitrogens with one attached hydrogen (secondary N) is 2. The van der Waals surface area contributed by atoms with E-state index in [-0.39, 0.29) is 18.2 Å². The van der Waals surface area contributed by atoms with E-state index in [9.17, 15) is 9.59 Å². The number of hydrogen-bond donors (Lipinski definition) is 2. The lowest BCUT2D eigenvalue weighted by atomic mass is 9.94. The van der Waals surface area contributed by atoms with E-state index >= 15 is 0 Å². The van der Waals surface area contributed by atoms with E-state index < -0.39 is 5.60 Å². The Balaban J connectivity index is 1.19. The Labute approximate surface area is 256 Å². The number of benzene rings is 2. The number of anilines is 1. The monoisotopic (exact) mass is 605 g/mol. The maximum atomic E-state index is 12.3. The highest BCUT2D eigenvalue weighted by molar-refractivity contribution is 6.33. The maximum absolute atomic E-state index is 12.3. The molecule has 2 aliphatic rings. The van der Waals surface area contributed by atoms with Crippen molar-refractivity contribution < 1.29 is 23.8 Å². The number of hydrogen-bond acceptors (Lipinski definition) is 6. The summed E-state index contributed by atoms with van der Waals surface area (Å²) in [6.45, 7) is 15.1. The van der Waals surface area contributed by atoms with Crippen LogP contribution in [0.1, 0.15) is 52.9 Å². The third-order valence-electron chi connectivity index (χ3n) is 7.28. The number of carbonyl (C=O) groups excluding carboxylic acids is 2. The lowest BCUT2D eigenvalue weighted by Gasteiger charge is -2.33. The van der Waals surface area contributed by atoms with E-state index in [1.807, 2.05) is 20.8 Å². The molecule has 2 fully saturated rings. The first kappa shape index (κ1) is 30.2. The number of ether oxygens (including phenoxy) is 3. The van der Waals surface area contributed by atoms with Crippen LogP contribution in [0.5, 0.6) is 17.2 Å². The van der Waals surface area contributed by atoms with Crippen molar-refractivity contribution in [3.05, 3.63) is 59.0 Å². The van der Waals surface area contributed by atoms with Gasteiger partial charge in [-0.05, 0) is 89.1 Å². The molecule has 1 aromatic heterocycles. The highest BCUT2D eigenvalue weighted by Gasteiger charge is 2.27. The van der Waals surface area contributed by atoms with Gasteiger partial charge in [0.25, 0.3) is 0 Å². The van der Waals surface area contributed by atoms with E-state index in [0.29, 0.717) is 70.2 Å². The second-order valence-electron chi connectivity index (χ2n) is 11.9. The number of pyridine rings is 1. The Kier molecular flexibility index (Phi) is 9.11. The standard InChI is InChI=1S/C32H36ClN5O5/c1-32(2,3)43-31(40)38-14-10-20(11-15-38)12-16-41-29-19-26-23(18-27(29)34-4)28(9-13-35-26)42-22-7-8-25(24(33)17-22)37-30(39)36-21-5-6-21/h7-9,13,17-21H,5-6,10-12,14-16H2,1-3H3,(H2,36,37,39). The highest BCUT2D eigenvalue weighted by atomic mass is 35.5. The zero-order chi connectivity index (χ0) is 30.6. The van der Waals surface area contributed by atoms with Crippen LogP contribution in [0, 0.1) is 12.5 Å². The van der Waals surface area contributed by atoms with Gasteiger partial charge >= 0.3 is 12.1 Å². The molecule has 5 rings (SSSR count). The molecule has 1 aliphatic heterocycles. The molecule has 3 amide bonds. The van der Waals surface area contributed by atoms with E-state index in [4.69, 9.17) is 32.4 Å². The number of carbonyl (C=O) groups is 2. The Morgan fingerprint density at radius 3 is 2.53 bits per heavy atom. The summed E-state index contributed by atoms with van der Waals surface area (Å²) in [5.74, 6) is 1.89. The first-order chi connectivity index (χ1) is 20.6. The van der Waals surface area contributed by atoms with Crippen LogP contribution in [0.15, 0.2) is 42.6 Å². The van der Waals surface area contributed by atoms with Crippen LogP contribution in [0.3, 0.4) is 0 Å². The van der Waals surface area contributed by atoms with Crippen molar-refractivity contribution in [2.24, 2.45) is 5.92 Å². The predicted molar refractivity (Wildman–Crippen MR) is 165 cm³/mol. The molecule has 1 saturated heterocycles. The molecule has 1 saturated carbocycles. The van der Waals surface area contributed by atoms with Crippen molar-refractivity contribution in [2.45, 2.75) is 64.5 Å². The van der Waals surface area contributed by atoms with Crippen molar-refractivity contribution in [3.8, 4) is 17.2 Å². The van der Waals surface area contributed by atoms with E-state index in [0.717, 1.165) is 32.1 Å². The van der Waals surface area contributed by atoms with E-state index in [2.05, 4.69) is 20.5 Å². The van der Waals surface area contributed by atoms with Crippen LogP contribution >= 0.6 is 11.6 Å². The van der Waals surface area contributed by atoms with Crippen molar-refractivity contribution in [1.29, 1.82) is 0 Å². The minimum Gasteiger partial charge on any atom is -0.505 e. The Morgan fingerprint density at radius 2 is 1.86 bits per heavy atom. The number of urea groups is 1. The number of amides is 3. The average molecular weight is 606 g/mol. The summed E-state index contributed by atoms with van der Waals surface area (Å²) in [6.07, 6.45) is 5.95. The number of fused-ring (bicyclic) bond motifs is 1. The average Bonchev–Trinajstić information content (AvgIpc) is 3.77. The second kappa shape index (κ2) is 13.0. The quantitative estimate of drug-likeness (QED) is 0.253. The molecule has 2 aromatic carbocycles. The van der Waals surface area contributed by atoms with Gasteiger partial charge in [0.15, 0.2) is 0 Å². The Bertz CT molecular complexity index is 1540. The SMILES string of the molecule is [C-]#[N+]c1cc2c(Oc3ccc(NC(=O)NC4CC4)c(Cl)c3)ccnc2cc1OCCC1CCN(C(=O)OC(C)(C)C)CC1. The molecule has 10 nitrogen and oxygen atoms in total. The predicted octanol–water partition coefficient (Wildman–Crippen LogP) is 7.93. The van der Waals surface area contributed by atoms with Gasteiger partial charge in [-0.1, -0.05) is 11.6 Å². The van der Waals surface area contributed by atoms with Crippen LogP contribution in [-0.2, 0) is 4.74 Å². The van der Waals surface area contributed by atoms with Gasteiger partial charge in [-0.15, -0.1) is 0 Å². The van der Waals surface area contributed by atoms with Gasteiger partial charge in [0, 0.05) is 36.8 Å². The molecule has 43 heavy (non-hydrogen) atoms. The fourth-order valence-electron chi connectivity index (χ4n) is 4.85. The number of rotatable bonds is 8. The Hall–Kier alpha value is -4.23. The summed E-state index contributed by atoms with van der Waals surface area (Å²) in [5.41, 5.74) is 0.976. The molecule has 3 aromatic rings. The van der Waals surface area contributed by atoms with E-state index in [1.54, 1.807) is 47.5 Å². The largest absolute Gasteiger partial charge is 0.505 e. The summed E-state index contributed by atoms with van der Waals surface area (Å²) >= 11 is 6.41. The van der Waals surface area contributed by atoms with Crippen molar-refractivity contribution in [1.82, 2.24) is 15.2 Å². The first-order valence-electron chi connectivity index (χ1n) is 14.5. The number of piperidine rings is 1. The van der Waals surface area contributed by atoms with Gasteiger partial charge in [-0.3, -0.25) is 4.98 Å². The first-order valence-corrected chi connectivity index (χ1v) is 14.9. The van der Waals surface area contributed by atoms with Crippen molar-refractivity contribution in [3.63, 3.8) is 0 Å². The van der Waals surface area contributed by atoms with Gasteiger partial charge < -0.3 is 29.7 Å². The summed E-state index contributed by atoms with van der Waals surface area (Å²) < 4.78 is 17.7. The fraction of sp³-hybridized carbons (Fsp3) is 0.438. The summed E-state index contributed by atoms with van der Waals surface area (Å²) in [5, 5.41) is 6.63. The van der Waals surface area contributed by atoms with Crippen LogP contribution in [0.2, 0.25) is 5.02 Å². The Morgan fingerprint density at radius 1 is 1.09 bits per heavy atom. The molecule has 0 radical (unpaired) electrons. The van der Waals surface area contributed by atoms with Crippen LogP contribution < -0.4 is 20.1 Å². The molecule has 2 N–H and O–H groups in total. The molecule has 11 heteroatoms. The van der Waals surface area contributed by atoms with Gasteiger partial charge in [-0.25, -0.2) is 14.4 Å². The summed E-state index contributed by atoms with van der Waals surface area (Å²) in [6, 6.07) is 10.2. The van der Waals surface area contributed by atoms with Gasteiger partial charge in [0.05, 0.1) is 29.4 Å². The smallest absolute Gasteiger partial charge is 0.410 e. The summed E-state index contributed by atoms with van der Waals surface area (Å²) in [4.78, 5) is 34.3. The summed E-state index contributed by atoms with van der Waals surface area (Å²) in [7, 11) is 0. The molecule has 1 aliphatic carbocycles. The van der Waals surface area contributed by atoms with Gasteiger partial charge in [0.2, 0.25) is 5.69 Å². The molecule has 0 bridgehead atoms. The number of likely N-dealkylation sites (tertiary alicyclic amines) is 1. The highest BCUT2D eigenvalue weighted by Crippen LogP contribution is 2.38. The minimum absolute atomic E-state index is 0.239. The maximum Gasteiger partial charge on any atom is 0.410 e. The second-order valence-corrected chi connectivity index (χ2v) is 12.3. The fourth-order valence-corrected chi connectivity index (χ4v) is 5.07. The lowest BCUT2D eigenvalue weighted by molar-refractivity contribution is 0.0177. The number of halogens is 1.